The summed E-state index contributed by atoms with van der Waals surface area (Å²) in [6, 6.07) is 5.60. The highest BCUT2D eigenvalue weighted by Gasteiger charge is 2.19. The van der Waals surface area contributed by atoms with E-state index in [0.29, 0.717) is 18.8 Å². The fourth-order valence-electron chi connectivity index (χ4n) is 2.04. The molecule has 6 heteroatoms. The van der Waals surface area contributed by atoms with Crippen LogP contribution in [0.15, 0.2) is 30.6 Å². The second-order valence-electron chi connectivity index (χ2n) is 6.01. The Balaban J connectivity index is 1.81. The predicted molar refractivity (Wildman–Crippen MR) is 82.6 cm³/mol. The van der Waals surface area contributed by atoms with E-state index in [4.69, 9.17) is 9.84 Å². The van der Waals surface area contributed by atoms with Crippen LogP contribution >= 0.6 is 0 Å². The van der Waals surface area contributed by atoms with Crippen LogP contribution in [-0.4, -0.2) is 32.9 Å². The minimum absolute atomic E-state index is 0.0539. The van der Waals surface area contributed by atoms with Crippen LogP contribution in [0.3, 0.4) is 0 Å². The summed E-state index contributed by atoms with van der Waals surface area (Å²) >= 11 is 0. The van der Waals surface area contributed by atoms with Crippen LogP contribution in [0.25, 0.3) is 11.4 Å². The smallest absolute Gasteiger partial charge is 0.303 e. The minimum atomic E-state index is -0.757. The van der Waals surface area contributed by atoms with E-state index in [-0.39, 0.29) is 11.8 Å². The molecule has 2 heterocycles. The summed E-state index contributed by atoms with van der Waals surface area (Å²) in [4.78, 5) is 14.9. The summed E-state index contributed by atoms with van der Waals surface area (Å²) in [5.74, 6) is -0.0510. The molecule has 22 heavy (non-hydrogen) atoms. The van der Waals surface area contributed by atoms with Crippen LogP contribution < -0.4 is 4.74 Å². The number of nitrogens with one attached hydrogen (secondary N) is 1. The lowest BCUT2D eigenvalue weighted by atomic mass is 9.85. The Kier molecular flexibility index (Phi) is 5.14. The number of aromatic amines is 1. The Morgan fingerprint density at radius 1 is 1.32 bits per heavy atom. The molecule has 0 spiro atoms. The van der Waals surface area contributed by atoms with E-state index in [1.807, 2.05) is 18.2 Å². The van der Waals surface area contributed by atoms with Gasteiger partial charge in [0.1, 0.15) is 5.75 Å². The molecule has 0 bridgehead atoms. The first-order valence-corrected chi connectivity index (χ1v) is 7.27. The molecular weight excluding hydrogens is 282 g/mol. The molecule has 0 amide bonds. The summed E-state index contributed by atoms with van der Waals surface area (Å²) in [6.45, 7) is 4.65. The number of nitrogens with zero attached hydrogens (tertiary/aromatic N) is 2. The van der Waals surface area contributed by atoms with Crippen LogP contribution in [0.1, 0.15) is 33.1 Å². The Morgan fingerprint density at radius 3 is 2.73 bits per heavy atom. The highest BCUT2D eigenvalue weighted by atomic mass is 16.5. The van der Waals surface area contributed by atoms with Crippen LogP contribution in [0.4, 0.5) is 0 Å². The van der Waals surface area contributed by atoms with Crippen LogP contribution in [0.5, 0.6) is 5.75 Å². The monoisotopic (exact) mass is 303 g/mol. The molecule has 0 saturated carbocycles. The molecule has 0 unspecified atom stereocenters. The normalized spacial score (nSPS) is 11.4. The van der Waals surface area contributed by atoms with Crippen molar-refractivity contribution >= 4 is 5.97 Å². The predicted octanol–water partition coefficient (Wildman–Crippen LogP) is 3.13. The molecule has 2 aromatic heterocycles. The first kappa shape index (κ1) is 16.0. The number of hydrogen-bond acceptors (Lipinski definition) is 4. The molecule has 0 saturated heterocycles. The number of carbonyl (C=O) groups is 1. The zero-order chi connectivity index (χ0) is 16.0. The van der Waals surface area contributed by atoms with Gasteiger partial charge in [-0.15, -0.1) is 0 Å². The fraction of sp³-hybridized carbons (Fsp3) is 0.438. The van der Waals surface area contributed by atoms with Gasteiger partial charge in [0.25, 0.3) is 0 Å². The number of ether oxygens (including phenoxy) is 1. The minimum Gasteiger partial charge on any atom is -0.492 e. The Morgan fingerprint density at radius 2 is 2.14 bits per heavy atom. The van der Waals surface area contributed by atoms with E-state index in [1.54, 1.807) is 12.4 Å². The van der Waals surface area contributed by atoms with Gasteiger partial charge < -0.3 is 9.84 Å². The van der Waals surface area contributed by atoms with Gasteiger partial charge in [0.2, 0.25) is 0 Å². The molecule has 0 fully saturated rings. The van der Waals surface area contributed by atoms with E-state index in [2.05, 4.69) is 29.0 Å². The molecular formula is C16H21N3O3. The maximum Gasteiger partial charge on any atom is 0.303 e. The van der Waals surface area contributed by atoms with Crippen LogP contribution in [0, 0.1) is 5.41 Å². The van der Waals surface area contributed by atoms with Crippen molar-refractivity contribution in [1.82, 2.24) is 15.2 Å². The molecule has 0 aromatic carbocycles. The van der Waals surface area contributed by atoms with Crippen LogP contribution in [-0.2, 0) is 4.79 Å². The van der Waals surface area contributed by atoms with E-state index in [9.17, 15) is 4.79 Å². The zero-order valence-corrected chi connectivity index (χ0v) is 12.9. The molecule has 2 rings (SSSR count). The maximum absolute atomic E-state index is 10.6. The number of rotatable bonds is 8. The topological polar surface area (TPSA) is 88.1 Å². The van der Waals surface area contributed by atoms with Crippen molar-refractivity contribution in [3.63, 3.8) is 0 Å². The van der Waals surface area contributed by atoms with Crippen molar-refractivity contribution in [3.8, 4) is 17.1 Å². The van der Waals surface area contributed by atoms with Crippen molar-refractivity contribution in [2.24, 2.45) is 5.41 Å². The summed E-state index contributed by atoms with van der Waals surface area (Å²) in [7, 11) is 0. The second-order valence-corrected chi connectivity index (χ2v) is 6.01. The van der Waals surface area contributed by atoms with Crippen molar-refractivity contribution < 1.29 is 14.6 Å². The van der Waals surface area contributed by atoms with E-state index in [0.717, 1.165) is 17.8 Å². The third-order valence-corrected chi connectivity index (χ3v) is 3.58. The quantitative estimate of drug-likeness (QED) is 0.782. The number of aliphatic carboxylic acids is 1. The summed E-state index contributed by atoms with van der Waals surface area (Å²) in [5.41, 5.74) is 1.62. The highest BCUT2D eigenvalue weighted by Crippen LogP contribution is 2.27. The molecule has 0 aliphatic carbocycles. The third kappa shape index (κ3) is 4.87. The lowest BCUT2D eigenvalue weighted by Gasteiger charge is -2.23. The maximum atomic E-state index is 10.6. The second kappa shape index (κ2) is 7.06. The molecule has 118 valence electrons. The number of H-pyrrole nitrogens is 1. The first-order valence-electron chi connectivity index (χ1n) is 7.27. The van der Waals surface area contributed by atoms with Gasteiger partial charge >= 0.3 is 5.97 Å². The molecule has 6 nitrogen and oxygen atoms in total. The summed E-state index contributed by atoms with van der Waals surface area (Å²) in [6.07, 6.45) is 4.99. The summed E-state index contributed by atoms with van der Waals surface area (Å²) < 4.78 is 5.69. The first-order chi connectivity index (χ1) is 10.5. The number of pyridine rings is 1. The number of hydrogen-bond donors (Lipinski definition) is 2. The van der Waals surface area contributed by atoms with Gasteiger partial charge in [-0.25, -0.2) is 0 Å². The van der Waals surface area contributed by atoms with Crippen molar-refractivity contribution in [1.29, 1.82) is 0 Å². The molecule has 0 aliphatic rings. The SMILES string of the molecule is CC(C)(CCOc1ccc(-c2ccn[nH]2)nc1)CCC(=O)O. The standard InChI is InChI=1S/C16H21N3O3/c1-16(2,7-5-15(20)21)8-10-22-12-3-4-13(17-11-12)14-6-9-18-19-14/h3-4,6,9,11H,5,7-8,10H2,1-2H3,(H,18,19)(H,20,21). The Bertz CT molecular complexity index is 592. The van der Waals surface area contributed by atoms with Crippen LogP contribution in [0.2, 0.25) is 0 Å². The molecule has 2 aromatic rings. The van der Waals surface area contributed by atoms with E-state index < -0.39 is 5.97 Å². The molecule has 0 aliphatic heterocycles. The van der Waals surface area contributed by atoms with Crippen molar-refractivity contribution in [2.75, 3.05) is 6.61 Å². The van der Waals surface area contributed by atoms with Gasteiger partial charge in [-0.3, -0.25) is 14.9 Å². The molecule has 0 radical (unpaired) electrons. The van der Waals surface area contributed by atoms with Gasteiger partial charge in [0.05, 0.1) is 24.2 Å². The van der Waals surface area contributed by atoms with E-state index >= 15 is 0 Å². The fourth-order valence-corrected chi connectivity index (χ4v) is 2.04. The van der Waals surface area contributed by atoms with Gasteiger partial charge in [0.15, 0.2) is 0 Å². The lowest BCUT2D eigenvalue weighted by Crippen LogP contribution is -2.17. The van der Waals surface area contributed by atoms with Gasteiger partial charge in [0, 0.05) is 12.6 Å². The average molecular weight is 303 g/mol. The van der Waals surface area contributed by atoms with Gasteiger partial charge in [-0.1, -0.05) is 13.8 Å². The lowest BCUT2D eigenvalue weighted by molar-refractivity contribution is -0.137. The number of carboxylic acids is 1. The average Bonchev–Trinajstić information content (AvgIpc) is 3.00. The van der Waals surface area contributed by atoms with Gasteiger partial charge in [-0.05, 0) is 36.5 Å². The van der Waals surface area contributed by atoms with Crippen molar-refractivity contribution in [2.45, 2.75) is 33.1 Å². The van der Waals surface area contributed by atoms with Crippen molar-refractivity contribution in [3.05, 3.63) is 30.6 Å². The highest BCUT2D eigenvalue weighted by molar-refractivity contribution is 5.66. The number of aromatic nitrogens is 3. The third-order valence-electron chi connectivity index (χ3n) is 3.58. The Hall–Kier alpha value is -2.37. The summed E-state index contributed by atoms with van der Waals surface area (Å²) in [5, 5.41) is 15.5. The van der Waals surface area contributed by atoms with Gasteiger partial charge in [-0.2, -0.15) is 5.10 Å². The van der Waals surface area contributed by atoms with E-state index in [1.165, 1.54) is 0 Å². The number of carboxylic acid groups (broad SMARTS) is 1. The largest absolute Gasteiger partial charge is 0.492 e. The Labute approximate surface area is 129 Å². The molecule has 0 atom stereocenters. The molecule has 2 N–H and O–H groups in total. The zero-order valence-electron chi connectivity index (χ0n) is 12.9.